The number of methoxy groups -OCH3 is 1. The first-order chi connectivity index (χ1) is 23.7. The van der Waals surface area contributed by atoms with Gasteiger partial charge in [0.2, 0.25) is 0 Å². The Kier molecular flexibility index (Phi) is 13.8. The van der Waals surface area contributed by atoms with E-state index >= 15 is 0 Å². The molecule has 0 aromatic heterocycles. The van der Waals surface area contributed by atoms with Crippen LogP contribution in [-0.4, -0.2) is 41.5 Å². The Bertz CT molecular complexity index is 2000. The van der Waals surface area contributed by atoms with Crippen molar-refractivity contribution in [3.63, 3.8) is 0 Å². The molecule has 0 saturated carbocycles. The number of hydrogen-bond acceptors (Lipinski definition) is 7. The SMILES string of the molecule is C=C(C)c1ccc(C)cc1-c1c(O)cc(C#CC#C/C=N/N=N/N=N/N=N/N=N/N=N)c(C(=O)N[C@@H](Cc2ccccc2)C(=O)OC)c1O. The Hall–Kier alpha value is -7.27. The molecule has 1 amide bonds. The monoisotopic (exact) mass is 660 g/mol. The highest BCUT2D eigenvalue weighted by molar-refractivity contribution is 6.05. The van der Waals surface area contributed by atoms with Crippen LogP contribution < -0.4 is 5.32 Å². The second-order valence-corrected chi connectivity index (χ2v) is 9.69. The van der Waals surface area contributed by atoms with Gasteiger partial charge in [-0.15, -0.1) is 5.10 Å². The molecule has 1 atom stereocenters. The van der Waals surface area contributed by atoms with Crippen LogP contribution in [0.2, 0.25) is 0 Å². The Balaban J connectivity index is 2.02. The molecule has 0 saturated heterocycles. The molecule has 17 nitrogen and oxygen atoms in total. The molecule has 246 valence electrons. The summed E-state index contributed by atoms with van der Waals surface area (Å²) in [5, 5.41) is 56.0. The maximum Gasteiger partial charge on any atom is 0.328 e. The highest BCUT2D eigenvalue weighted by Crippen LogP contribution is 2.44. The fourth-order valence-corrected chi connectivity index (χ4v) is 4.27. The number of hydrogen-bond donors (Lipinski definition) is 4. The van der Waals surface area contributed by atoms with E-state index in [4.69, 9.17) is 10.3 Å². The smallest absolute Gasteiger partial charge is 0.328 e. The number of benzene rings is 3. The maximum atomic E-state index is 13.9. The van der Waals surface area contributed by atoms with Gasteiger partial charge in [-0.25, -0.2) is 4.79 Å². The van der Waals surface area contributed by atoms with Gasteiger partial charge in [-0.3, -0.25) is 4.79 Å². The van der Waals surface area contributed by atoms with Crippen LogP contribution in [0.4, 0.5) is 0 Å². The van der Waals surface area contributed by atoms with E-state index in [2.05, 4.69) is 87.7 Å². The van der Waals surface area contributed by atoms with E-state index in [-0.39, 0.29) is 28.9 Å². The Labute approximate surface area is 279 Å². The fourth-order valence-electron chi connectivity index (χ4n) is 4.27. The maximum absolute atomic E-state index is 13.9. The molecule has 0 aliphatic heterocycles. The predicted octanol–water partition coefficient (Wildman–Crippen LogP) is 6.46. The number of nitrogens with zero attached hydrogens (tertiary/aromatic N) is 10. The van der Waals surface area contributed by atoms with Crippen molar-refractivity contribution >= 4 is 23.7 Å². The quantitative estimate of drug-likeness (QED) is 0.0560. The lowest BCUT2D eigenvalue weighted by Gasteiger charge is -2.20. The van der Waals surface area contributed by atoms with E-state index in [9.17, 15) is 19.8 Å². The predicted molar refractivity (Wildman–Crippen MR) is 176 cm³/mol. The van der Waals surface area contributed by atoms with E-state index in [1.807, 2.05) is 19.1 Å². The van der Waals surface area contributed by atoms with Crippen molar-refractivity contribution in [2.45, 2.75) is 26.3 Å². The van der Waals surface area contributed by atoms with Gasteiger partial charge in [-0.05, 0) is 101 Å². The van der Waals surface area contributed by atoms with Gasteiger partial charge < -0.3 is 20.3 Å². The lowest BCUT2D eigenvalue weighted by Crippen LogP contribution is -2.43. The molecule has 3 aromatic carbocycles. The summed E-state index contributed by atoms with van der Waals surface area (Å²) >= 11 is 0. The Morgan fingerprint density at radius 3 is 2.31 bits per heavy atom. The molecule has 0 radical (unpaired) electrons. The number of allylic oxidation sites excluding steroid dienone is 1. The van der Waals surface area contributed by atoms with Crippen molar-refractivity contribution in [2.24, 2.45) is 52.1 Å². The average molecular weight is 661 g/mol. The van der Waals surface area contributed by atoms with E-state index in [1.165, 1.54) is 13.2 Å². The van der Waals surface area contributed by atoms with Gasteiger partial charge in [0, 0.05) is 12.0 Å². The first-order valence-electron chi connectivity index (χ1n) is 14.0. The second kappa shape index (κ2) is 18.6. The van der Waals surface area contributed by atoms with Gasteiger partial charge in [0.05, 0.1) is 18.2 Å². The summed E-state index contributed by atoms with van der Waals surface area (Å²) in [6.07, 6.45) is 1.14. The summed E-state index contributed by atoms with van der Waals surface area (Å²) in [5.74, 6) is 7.63. The second-order valence-electron chi connectivity index (χ2n) is 9.69. The number of ether oxygens (including phenoxy) is 1. The topological polar surface area (TPSA) is 243 Å². The zero-order valence-corrected chi connectivity index (χ0v) is 26.4. The number of carbonyl (C=O) groups is 2. The number of nitrogens with one attached hydrogen (secondary N) is 2. The average Bonchev–Trinajstić information content (AvgIpc) is 3.08. The van der Waals surface area contributed by atoms with Crippen LogP contribution in [0, 0.1) is 36.1 Å². The Morgan fingerprint density at radius 2 is 1.65 bits per heavy atom. The van der Waals surface area contributed by atoms with Gasteiger partial charge in [0.1, 0.15) is 23.8 Å². The van der Waals surface area contributed by atoms with Gasteiger partial charge in [0.15, 0.2) is 0 Å². The van der Waals surface area contributed by atoms with E-state index in [1.54, 1.807) is 43.3 Å². The van der Waals surface area contributed by atoms with Crippen molar-refractivity contribution in [3.05, 3.63) is 89.0 Å². The lowest BCUT2D eigenvalue weighted by atomic mass is 9.90. The molecule has 49 heavy (non-hydrogen) atoms. The highest BCUT2D eigenvalue weighted by Gasteiger charge is 2.29. The minimum atomic E-state index is -1.12. The first kappa shape index (κ1) is 36.2. The summed E-state index contributed by atoms with van der Waals surface area (Å²) in [6, 6.07) is 14.5. The lowest BCUT2D eigenvalue weighted by molar-refractivity contribution is -0.142. The number of phenolic OH excluding ortho intramolecular Hbond substituents is 2. The van der Waals surface area contributed by atoms with Crippen LogP contribution in [-0.2, 0) is 16.0 Å². The van der Waals surface area contributed by atoms with Gasteiger partial charge in [-0.2, -0.15) is 5.53 Å². The third-order valence-electron chi connectivity index (χ3n) is 6.32. The number of aryl methyl sites for hydroxylation is 1. The minimum Gasteiger partial charge on any atom is -0.507 e. The van der Waals surface area contributed by atoms with E-state index in [0.717, 1.165) is 17.3 Å². The van der Waals surface area contributed by atoms with Crippen LogP contribution >= 0.6 is 0 Å². The third kappa shape index (κ3) is 10.7. The van der Waals surface area contributed by atoms with Crippen LogP contribution in [0.15, 0.2) is 113 Å². The Morgan fingerprint density at radius 1 is 0.980 bits per heavy atom. The number of aromatic hydroxyl groups is 2. The van der Waals surface area contributed by atoms with Crippen molar-refractivity contribution in [1.29, 1.82) is 5.53 Å². The normalized spacial score (nSPS) is 11.7. The minimum absolute atomic E-state index is 0.0231. The molecule has 0 unspecified atom stereocenters. The fraction of sp³-hybridized carbons (Fsp3) is 0.156. The van der Waals surface area contributed by atoms with Crippen molar-refractivity contribution < 1.29 is 24.5 Å². The van der Waals surface area contributed by atoms with Crippen LogP contribution in [0.25, 0.3) is 16.7 Å². The van der Waals surface area contributed by atoms with Gasteiger partial charge >= 0.3 is 5.97 Å². The zero-order chi connectivity index (χ0) is 35.6. The number of esters is 1. The number of amides is 1. The molecule has 17 heteroatoms. The van der Waals surface area contributed by atoms with Gasteiger partial charge in [0.25, 0.3) is 5.91 Å². The zero-order valence-electron chi connectivity index (χ0n) is 26.4. The number of carbonyl (C=O) groups excluding carboxylic acids is 2. The van der Waals surface area contributed by atoms with Gasteiger partial charge in [-0.1, -0.05) is 72.2 Å². The molecular weight excluding hydrogens is 632 g/mol. The molecule has 3 aromatic rings. The molecule has 0 heterocycles. The molecule has 4 N–H and O–H groups in total. The van der Waals surface area contributed by atoms with Crippen LogP contribution in [0.3, 0.4) is 0 Å². The van der Waals surface area contributed by atoms with Crippen LogP contribution in [0.1, 0.15) is 39.5 Å². The largest absolute Gasteiger partial charge is 0.507 e. The summed E-state index contributed by atoms with van der Waals surface area (Å²) < 4.78 is 4.93. The summed E-state index contributed by atoms with van der Waals surface area (Å²) in [5.41, 5.74) is 9.25. The third-order valence-corrected chi connectivity index (χ3v) is 6.32. The standard InChI is InChI=1S/C32H28N12O5/c1-20(2)24-15-14-21(3)17-25(24)29-27(45)19-23(13-9-6-10-16-34-37-39-41-43-44-42-40-38-36-33)28(30(29)46)31(47)35-26(32(48)49-4)18-22-11-7-5-8-12-22/h5,7-8,11-12,14-17,19,26,33,45-46H,1,18H2,2-4H3,(H,35,47)/b34-16+,36-33?,39-37+,40-38+,43-41+,44-42+/t26-/m0/s1. The number of phenols is 2. The van der Waals surface area contributed by atoms with Crippen molar-refractivity contribution in [3.8, 4) is 46.3 Å². The number of rotatable bonds is 12. The molecule has 0 aliphatic carbocycles. The van der Waals surface area contributed by atoms with E-state index in [0.29, 0.717) is 16.7 Å². The summed E-state index contributed by atoms with van der Waals surface area (Å²) in [7, 11) is 1.20. The first-order valence-corrected chi connectivity index (χ1v) is 14.0. The molecule has 3 rings (SSSR count). The molecule has 0 spiro atoms. The molecule has 0 fully saturated rings. The van der Waals surface area contributed by atoms with E-state index < -0.39 is 23.7 Å². The summed E-state index contributed by atoms with van der Waals surface area (Å²) in [4.78, 5) is 26.6. The highest BCUT2D eigenvalue weighted by atomic mass is 16.5. The van der Waals surface area contributed by atoms with Crippen LogP contribution in [0.5, 0.6) is 11.5 Å². The molecular formula is C32H28N12O5. The molecule has 0 aliphatic rings. The van der Waals surface area contributed by atoms with Crippen molar-refractivity contribution in [2.75, 3.05) is 7.11 Å². The molecule has 0 bridgehead atoms. The van der Waals surface area contributed by atoms with Crippen molar-refractivity contribution in [1.82, 2.24) is 5.32 Å². The summed E-state index contributed by atoms with van der Waals surface area (Å²) in [6.45, 7) is 7.61.